The molecule has 29 heavy (non-hydrogen) atoms. The number of allylic oxidation sites excluding steroid dienone is 2. The Balaban J connectivity index is 1.70. The van der Waals surface area contributed by atoms with Crippen LogP contribution in [0.1, 0.15) is 18.1 Å². The van der Waals surface area contributed by atoms with Crippen molar-refractivity contribution in [2.45, 2.75) is 19.4 Å². The standard InChI is InChI=1S/C23H28N2O4/c1-17(10-12-24)19-5-7-21(8-6-19)29-16-20(26)15-25-13-11-18-4-9-22(27-2)23(14-18)28-3/h4-10,14,20,25-26H,11,13,15-16H2,1-3H3/b17-10+/t20-/m0/s1. The third kappa shape index (κ3) is 7.15. The minimum absolute atomic E-state index is 0.204. The molecule has 2 rings (SSSR count). The molecule has 2 aromatic rings. The molecule has 0 radical (unpaired) electrons. The van der Waals surface area contributed by atoms with Crippen LogP contribution in [-0.2, 0) is 6.42 Å². The van der Waals surface area contributed by atoms with Crippen LogP contribution >= 0.6 is 0 Å². The second-order valence-corrected chi connectivity index (χ2v) is 6.59. The summed E-state index contributed by atoms with van der Waals surface area (Å²) in [5.41, 5.74) is 3.00. The number of nitrogens with one attached hydrogen (secondary N) is 1. The van der Waals surface area contributed by atoms with Crippen molar-refractivity contribution in [3.63, 3.8) is 0 Å². The molecule has 2 aromatic carbocycles. The zero-order chi connectivity index (χ0) is 21.1. The highest BCUT2D eigenvalue weighted by Crippen LogP contribution is 2.27. The predicted molar refractivity (Wildman–Crippen MR) is 113 cm³/mol. The van der Waals surface area contributed by atoms with E-state index in [0.29, 0.717) is 23.8 Å². The highest BCUT2D eigenvalue weighted by Gasteiger charge is 2.07. The van der Waals surface area contributed by atoms with Crippen LogP contribution in [0.4, 0.5) is 0 Å². The molecule has 0 fully saturated rings. The van der Waals surface area contributed by atoms with E-state index in [4.69, 9.17) is 19.5 Å². The highest BCUT2D eigenvalue weighted by atomic mass is 16.5. The van der Waals surface area contributed by atoms with Gasteiger partial charge in [-0.25, -0.2) is 0 Å². The summed E-state index contributed by atoms with van der Waals surface area (Å²) in [5, 5.41) is 22.0. The van der Waals surface area contributed by atoms with Crippen LogP contribution < -0.4 is 19.5 Å². The van der Waals surface area contributed by atoms with Gasteiger partial charge in [-0.3, -0.25) is 0 Å². The monoisotopic (exact) mass is 396 g/mol. The van der Waals surface area contributed by atoms with Gasteiger partial charge in [-0.2, -0.15) is 5.26 Å². The maximum Gasteiger partial charge on any atom is 0.160 e. The van der Waals surface area contributed by atoms with Gasteiger partial charge in [0.05, 0.1) is 20.3 Å². The van der Waals surface area contributed by atoms with E-state index in [-0.39, 0.29) is 6.61 Å². The summed E-state index contributed by atoms with van der Waals surface area (Å²) < 4.78 is 16.2. The van der Waals surface area contributed by atoms with Crippen molar-refractivity contribution < 1.29 is 19.3 Å². The van der Waals surface area contributed by atoms with Gasteiger partial charge in [0.15, 0.2) is 11.5 Å². The second kappa shape index (κ2) is 11.7. The molecule has 0 aliphatic rings. The maximum absolute atomic E-state index is 10.1. The van der Waals surface area contributed by atoms with Gasteiger partial charge in [0, 0.05) is 12.6 Å². The minimum Gasteiger partial charge on any atom is -0.493 e. The average Bonchev–Trinajstić information content (AvgIpc) is 2.75. The molecule has 6 nitrogen and oxygen atoms in total. The van der Waals surface area contributed by atoms with Crippen molar-refractivity contribution in [3.05, 3.63) is 59.7 Å². The molecule has 0 saturated carbocycles. The summed E-state index contributed by atoms with van der Waals surface area (Å²) in [7, 11) is 3.23. The number of benzene rings is 2. The van der Waals surface area contributed by atoms with Gasteiger partial charge in [0.1, 0.15) is 18.5 Å². The first-order chi connectivity index (χ1) is 14.1. The molecule has 2 N–H and O–H groups in total. The summed E-state index contributed by atoms with van der Waals surface area (Å²) in [5.74, 6) is 2.10. The SMILES string of the molecule is COc1ccc(CCNC[C@H](O)COc2ccc(/C(C)=C/C#N)cc2)cc1OC. The summed E-state index contributed by atoms with van der Waals surface area (Å²) in [6.45, 7) is 3.26. The molecule has 6 heteroatoms. The Morgan fingerprint density at radius 2 is 1.86 bits per heavy atom. The number of hydrogen-bond donors (Lipinski definition) is 2. The van der Waals surface area contributed by atoms with E-state index in [9.17, 15) is 5.11 Å². The zero-order valence-electron chi connectivity index (χ0n) is 17.1. The van der Waals surface area contributed by atoms with Crippen LogP contribution in [0.15, 0.2) is 48.5 Å². The van der Waals surface area contributed by atoms with Crippen molar-refractivity contribution in [1.82, 2.24) is 5.32 Å². The van der Waals surface area contributed by atoms with Crippen LogP contribution in [0.5, 0.6) is 17.2 Å². The second-order valence-electron chi connectivity index (χ2n) is 6.59. The normalized spacial score (nSPS) is 12.2. The molecule has 0 amide bonds. The first-order valence-electron chi connectivity index (χ1n) is 9.46. The predicted octanol–water partition coefficient (Wildman–Crippen LogP) is 3.20. The summed E-state index contributed by atoms with van der Waals surface area (Å²) in [6.07, 6.45) is 1.71. The lowest BCUT2D eigenvalue weighted by molar-refractivity contribution is 0.106. The molecule has 0 unspecified atom stereocenters. The molecule has 0 aromatic heterocycles. The first-order valence-corrected chi connectivity index (χ1v) is 9.46. The van der Waals surface area contributed by atoms with E-state index in [1.165, 1.54) is 6.08 Å². The number of aliphatic hydroxyl groups is 1. The van der Waals surface area contributed by atoms with Crippen molar-refractivity contribution in [2.24, 2.45) is 0 Å². The number of aliphatic hydroxyl groups excluding tert-OH is 1. The van der Waals surface area contributed by atoms with Crippen LogP contribution in [0, 0.1) is 11.3 Å². The molecule has 154 valence electrons. The Morgan fingerprint density at radius 1 is 1.14 bits per heavy atom. The van der Waals surface area contributed by atoms with E-state index >= 15 is 0 Å². The molecular formula is C23H28N2O4. The van der Waals surface area contributed by atoms with Gasteiger partial charge in [0.25, 0.3) is 0 Å². The Labute approximate surface area is 172 Å². The number of nitriles is 1. The number of rotatable bonds is 11. The van der Waals surface area contributed by atoms with E-state index in [2.05, 4.69) is 5.32 Å². The Bertz CT molecular complexity index is 841. The Kier molecular flexibility index (Phi) is 9.03. The lowest BCUT2D eigenvalue weighted by atomic mass is 10.1. The van der Waals surface area contributed by atoms with E-state index in [0.717, 1.165) is 29.7 Å². The van der Waals surface area contributed by atoms with Crippen LogP contribution in [0.3, 0.4) is 0 Å². The largest absolute Gasteiger partial charge is 0.493 e. The number of methoxy groups -OCH3 is 2. The van der Waals surface area contributed by atoms with Gasteiger partial charge in [-0.05, 0) is 60.9 Å². The van der Waals surface area contributed by atoms with Gasteiger partial charge in [-0.1, -0.05) is 18.2 Å². The van der Waals surface area contributed by atoms with E-state index in [1.807, 2.05) is 55.5 Å². The van der Waals surface area contributed by atoms with Gasteiger partial charge in [0.2, 0.25) is 0 Å². The lowest BCUT2D eigenvalue weighted by Crippen LogP contribution is -2.32. The quantitative estimate of drug-likeness (QED) is 0.448. The maximum atomic E-state index is 10.1. The molecule has 1 atom stereocenters. The Hall–Kier alpha value is -3.01. The summed E-state index contributed by atoms with van der Waals surface area (Å²) >= 11 is 0. The van der Waals surface area contributed by atoms with Crippen molar-refractivity contribution in [3.8, 4) is 23.3 Å². The fraction of sp³-hybridized carbons (Fsp3) is 0.348. The van der Waals surface area contributed by atoms with Gasteiger partial charge < -0.3 is 24.6 Å². The molecule has 0 saturated heterocycles. The Morgan fingerprint density at radius 3 is 2.52 bits per heavy atom. The third-order valence-electron chi connectivity index (χ3n) is 4.45. The molecular weight excluding hydrogens is 368 g/mol. The van der Waals surface area contributed by atoms with E-state index < -0.39 is 6.10 Å². The summed E-state index contributed by atoms with van der Waals surface area (Å²) in [4.78, 5) is 0. The molecule has 0 aliphatic carbocycles. The number of ether oxygens (including phenoxy) is 3. The van der Waals surface area contributed by atoms with Crippen molar-refractivity contribution in [1.29, 1.82) is 5.26 Å². The van der Waals surface area contributed by atoms with Crippen LogP contribution in [0.2, 0.25) is 0 Å². The first kappa shape index (κ1) is 22.3. The summed E-state index contributed by atoms with van der Waals surface area (Å²) in [6, 6.07) is 15.3. The smallest absolute Gasteiger partial charge is 0.160 e. The third-order valence-corrected chi connectivity index (χ3v) is 4.45. The van der Waals surface area contributed by atoms with E-state index in [1.54, 1.807) is 14.2 Å². The number of nitrogens with zero attached hydrogens (tertiary/aromatic N) is 1. The minimum atomic E-state index is -0.611. The van der Waals surface area contributed by atoms with Crippen LogP contribution in [-0.4, -0.2) is 45.1 Å². The molecule has 0 aliphatic heterocycles. The molecule has 0 spiro atoms. The van der Waals surface area contributed by atoms with Crippen molar-refractivity contribution in [2.75, 3.05) is 33.9 Å². The molecule has 0 bridgehead atoms. The highest BCUT2D eigenvalue weighted by molar-refractivity contribution is 5.66. The zero-order valence-corrected chi connectivity index (χ0v) is 17.1. The van der Waals surface area contributed by atoms with Gasteiger partial charge in [-0.15, -0.1) is 0 Å². The lowest BCUT2D eigenvalue weighted by Gasteiger charge is -2.14. The molecule has 0 heterocycles. The number of hydrogen-bond acceptors (Lipinski definition) is 6. The fourth-order valence-electron chi connectivity index (χ4n) is 2.78. The van der Waals surface area contributed by atoms with Crippen molar-refractivity contribution >= 4 is 5.57 Å². The van der Waals surface area contributed by atoms with Crippen LogP contribution in [0.25, 0.3) is 5.57 Å². The van der Waals surface area contributed by atoms with Gasteiger partial charge >= 0.3 is 0 Å². The topological polar surface area (TPSA) is 83.7 Å². The fourth-order valence-corrected chi connectivity index (χ4v) is 2.78. The average molecular weight is 396 g/mol.